The molecule has 5 fully saturated rings. The van der Waals surface area contributed by atoms with E-state index < -0.39 is 0 Å². The average molecular weight is 427 g/mol. The number of fused-ring (bicyclic) bond motifs is 2. The first kappa shape index (κ1) is 22.5. The Labute approximate surface area is 192 Å². The van der Waals surface area contributed by atoms with Crippen LogP contribution in [0.2, 0.25) is 0 Å². The molecular weight excluding hydrogens is 376 g/mol. The molecule has 31 heavy (non-hydrogen) atoms. The van der Waals surface area contributed by atoms with Crippen LogP contribution in [0.1, 0.15) is 119 Å². The summed E-state index contributed by atoms with van der Waals surface area (Å²) in [5, 5.41) is 10.8. The fraction of sp³-hybridized carbons (Fsp3) is 0.933. The zero-order chi connectivity index (χ0) is 22.4. The van der Waals surface area contributed by atoms with Crippen molar-refractivity contribution in [3.05, 3.63) is 11.6 Å². The molecule has 2 spiro atoms. The molecule has 0 bridgehead atoms. The molecule has 0 aromatic heterocycles. The third kappa shape index (κ3) is 2.71. The van der Waals surface area contributed by atoms with Gasteiger partial charge in [-0.1, -0.05) is 46.3 Å². The maximum Gasteiger partial charge on any atom is 0.0594 e. The molecule has 0 heterocycles. The van der Waals surface area contributed by atoms with Crippen molar-refractivity contribution in [3.63, 3.8) is 0 Å². The third-order valence-corrected chi connectivity index (χ3v) is 13.0. The Bertz CT molecular complexity index is 760. The van der Waals surface area contributed by atoms with Crippen LogP contribution in [0.25, 0.3) is 0 Å². The quantitative estimate of drug-likeness (QED) is 0.449. The van der Waals surface area contributed by atoms with Crippen LogP contribution >= 0.6 is 0 Å². The van der Waals surface area contributed by atoms with Crippen LogP contribution in [0.15, 0.2) is 11.6 Å². The molecule has 0 aromatic carbocycles. The molecular formula is C30H50O. The van der Waals surface area contributed by atoms with Crippen molar-refractivity contribution >= 4 is 0 Å². The van der Waals surface area contributed by atoms with Crippen LogP contribution in [0.5, 0.6) is 0 Å². The molecule has 5 saturated carbocycles. The molecule has 1 heteroatoms. The van der Waals surface area contributed by atoms with Gasteiger partial charge in [0.15, 0.2) is 0 Å². The summed E-state index contributed by atoms with van der Waals surface area (Å²) >= 11 is 0. The van der Waals surface area contributed by atoms with E-state index in [9.17, 15) is 5.11 Å². The predicted molar refractivity (Wildman–Crippen MR) is 131 cm³/mol. The number of hydrogen-bond donors (Lipinski definition) is 1. The van der Waals surface area contributed by atoms with Crippen LogP contribution in [-0.2, 0) is 0 Å². The van der Waals surface area contributed by atoms with Crippen LogP contribution in [0.3, 0.4) is 0 Å². The lowest BCUT2D eigenvalue weighted by molar-refractivity contribution is -0.161. The SMILES string of the molecule is CC(C)=CCC[C@@H](C)[C@H]1CC[C@@]2(C)[C@@H]3CC[C@@H]4C(C)(C)C(O)CC[C@@]45C[C@@]35CC[C@]12C. The van der Waals surface area contributed by atoms with E-state index in [0.29, 0.717) is 21.7 Å². The number of allylic oxidation sites excluding steroid dienone is 2. The summed E-state index contributed by atoms with van der Waals surface area (Å²) in [6, 6.07) is 0. The van der Waals surface area contributed by atoms with Gasteiger partial charge in [0.1, 0.15) is 0 Å². The Morgan fingerprint density at radius 2 is 1.55 bits per heavy atom. The van der Waals surface area contributed by atoms with E-state index in [4.69, 9.17) is 0 Å². The third-order valence-electron chi connectivity index (χ3n) is 13.0. The fourth-order valence-electron chi connectivity index (χ4n) is 11.1. The second-order valence-electron chi connectivity index (χ2n) is 14.4. The van der Waals surface area contributed by atoms with E-state index in [1.807, 2.05) is 0 Å². The molecule has 0 aromatic rings. The van der Waals surface area contributed by atoms with Crippen molar-refractivity contribution in [3.8, 4) is 0 Å². The second-order valence-corrected chi connectivity index (χ2v) is 14.4. The number of aliphatic hydroxyl groups is 1. The summed E-state index contributed by atoms with van der Waals surface area (Å²) in [5.74, 6) is 3.46. The van der Waals surface area contributed by atoms with Gasteiger partial charge in [-0.3, -0.25) is 0 Å². The summed E-state index contributed by atoms with van der Waals surface area (Å²) in [4.78, 5) is 0. The van der Waals surface area contributed by atoms with Gasteiger partial charge in [-0.15, -0.1) is 0 Å². The molecule has 9 atom stereocenters. The molecule has 5 aliphatic carbocycles. The minimum absolute atomic E-state index is 0.0840. The highest BCUT2D eigenvalue weighted by molar-refractivity contribution is 5.30. The van der Waals surface area contributed by atoms with E-state index in [1.165, 1.54) is 69.8 Å². The van der Waals surface area contributed by atoms with Gasteiger partial charge in [-0.2, -0.15) is 0 Å². The molecule has 1 unspecified atom stereocenters. The monoisotopic (exact) mass is 426 g/mol. The number of rotatable bonds is 4. The Kier molecular flexibility index (Phi) is 4.98. The van der Waals surface area contributed by atoms with Crippen molar-refractivity contribution in [2.24, 2.45) is 50.7 Å². The Hall–Kier alpha value is -0.300. The van der Waals surface area contributed by atoms with Crippen molar-refractivity contribution in [2.75, 3.05) is 0 Å². The van der Waals surface area contributed by atoms with E-state index >= 15 is 0 Å². The number of aliphatic hydroxyl groups excluding tert-OH is 1. The van der Waals surface area contributed by atoms with Gasteiger partial charge in [-0.05, 0) is 135 Å². The minimum atomic E-state index is -0.0840. The molecule has 176 valence electrons. The highest BCUT2D eigenvalue weighted by Gasteiger charge is 2.82. The summed E-state index contributed by atoms with van der Waals surface area (Å²) in [7, 11) is 0. The molecule has 1 N–H and O–H groups in total. The van der Waals surface area contributed by atoms with E-state index in [-0.39, 0.29) is 11.5 Å². The van der Waals surface area contributed by atoms with Gasteiger partial charge in [0.05, 0.1) is 6.10 Å². The Morgan fingerprint density at radius 1 is 0.871 bits per heavy atom. The maximum absolute atomic E-state index is 10.8. The first-order chi connectivity index (χ1) is 14.4. The van der Waals surface area contributed by atoms with Gasteiger partial charge in [0, 0.05) is 0 Å². The van der Waals surface area contributed by atoms with Crippen molar-refractivity contribution in [1.82, 2.24) is 0 Å². The summed E-state index contributed by atoms with van der Waals surface area (Å²) in [6.45, 7) is 17.3. The molecule has 0 aliphatic heterocycles. The molecule has 0 radical (unpaired) electrons. The second kappa shape index (κ2) is 6.86. The van der Waals surface area contributed by atoms with Crippen molar-refractivity contribution in [2.45, 2.75) is 125 Å². The largest absolute Gasteiger partial charge is 0.393 e. The van der Waals surface area contributed by atoms with Gasteiger partial charge >= 0.3 is 0 Å². The normalized spacial score (nSPS) is 52.9. The first-order valence-corrected chi connectivity index (χ1v) is 13.8. The van der Waals surface area contributed by atoms with Gasteiger partial charge < -0.3 is 5.11 Å². The summed E-state index contributed by atoms with van der Waals surface area (Å²) in [6.07, 6.45) is 17.6. The van der Waals surface area contributed by atoms with Crippen LogP contribution in [0.4, 0.5) is 0 Å². The molecule has 5 rings (SSSR count). The van der Waals surface area contributed by atoms with E-state index in [2.05, 4.69) is 54.5 Å². The van der Waals surface area contributed by atoms with Crippen molar-refractivity contribution in [1.29, 1.82) is 0 Å². The summed E-state index contributed by atoms with van der Waals surface area (Å²) in [5.41, 5.74) is 3.87. The van der Waals surface area contributed by atoms with Crippen LogP contribution in [-0.4, -0.2) is 11.2 Å². The fourth-order valence-corrected chi connectivity index (χ4v) is 11.1. The molecule has 5 aliphatic rings. The van der Waals surface area contributed by atoms with Gasteiger partial charge in [0.2, 0.25) is 0 Å². The Balaban J connectivity index is 1.41. The lowest BCUT2D eigenvalue weighted by Crippen LogP contribution is -2.57. The lowest BCUT2D eigenvalue weighted by Gasteiger charge is -2.63. The van der Waals surface area contributed by atoms with E-state index in [1.54, 1.807) is 0 Å². The molecule has 0 amide bonds. The minimum Gasteiger partial charge on any atom is -0.393 e. The van der Waals surface area contributed by atoms with Crippen LogP contribution in [0, 0.1) is 50.7 Å². The molecule has 1 nitrogen and oxygen atoms in total. The van der Waals surface area contributed by atoms with Crippen LogP contribution < -0.4 is 0 Å². The number of hydrogen-bond acceptors (Lipinski definition) is 1. The highest BCUT2D eigenvalue weighted by Crippen LogP contribution is 2.89. The first-order valence-electron chi connectivity index (χ1n) is 13.8. The standard InChI is InChI=1S/C30H50O/c1-20(2)9-8-10-21(3)22-13-15-28(7)24-12-11-23-26(4,5)25(31)14-16-29(23)19-30(24,29)18-17-27(22,28)6/h9,21-25,31H,8,10-19H2,1-7H3/t21-,22-,23-,24+,25?,27-,28+,29-,30+/m1/s1. The van der Waals surface area contributed by atoms with Gasteiger partial charge in [-0.25, -0.2) is 0 Å². The van der Waals surface area contributed by atoms with E-state index in [0.717, 1.165) is 30.1 Å². The average Bonchev–Trinajstić information content (AvgIpc) is 3.27. The zero-order valence-electron chi connectivity index (χ0n) is 21.7. The zero-order valence-corrected chi connectivity index (χ0v) is 21.7. The predicted octanol–water partition coefficient (Wildman–Crippen LogP) is 8.17. The topological polar surface area (TPSA) is 20.2 Å². The Morgan fingerprint density at radius 3 is 2.26 bits per heavy atom. The lowest BCUT2D eigenvalue weighted by atomic mass is 9.41. The van der Waals surface area contributed by atoms with Crippen molar-refractivity contribution < 1.29 is 5.11 Å². The summed E-state index contributed by atoms with van der Waals surface area (Å²) < 4.78 is 0. The maximum atomic E-state index is 10.8. The smallest absolute Gasteiger partial charge is 0.0594 e. The van der Waals surface area contributed by atoms with Gasteiger partial charge in [0.25, 0.3) is 0 Å². The highest BCUT2D eigenvalue weighted by atomic mass is 16.3. The molecule has 0 saturated heterocycles.